The van der Waals surface area contributed by atoms with Crippen molar-refractivity contribution in [1.29, 1.82) is 0 Å². The van der Waals surface area contributed by atoms with E-state index in [1.807, 2.05) is 91.9 Å². The van der Waals surface area contributed by atoms with Crippen molar-refractivity contribution in [3.05, 3.63) is 115 Å². The van der Waals surface area contributed by atoms with Crippen LogP contribution in [0.1, 0.15) is 35.5 Å². The maximum absolute atomic E-state index is 13.6. The largest absolute Gasteiger partial charge is 0.484 e. The van der Waals surface area contributed by atoms with E-state index in [9.17, 15) is 9.59 Å². The summed E-state index contributed by atoms with van der Waals surface area (Å²) in [6.07, 6.45) is 2.06. The molecule has 4 aromatic rings. The molecule has 0 saturated heterocycles. The number of benzene rings is 3. The molecule has 2 amide bonds. The summed E-state index contributed by atoms with van der Waals surface area (Å²) >= 11 is 0. The zero-order valence-corrected chi connectivity index (χ0v) is 19.4. The summed E-state index contributed by atoms with van der Waals surface area (Å²) in [6, 6.07) is 29.6. The topological polar surface area (TPSA) is 63.0 Å². The number of nitrogens with zero attached hydrogens (tertiary/aromatic N) is 2. The van der Waals surface area contributed by atoms with Crippen LogP contribution in [0.15, 0.2) is 108 Å². The molecule has 1 aliphatic heterocycles. The minimum atomic E-state index is -0.267. The zero-order valence-electron chi connectivity index (χ0n) is 19.4. The van der Waals surface area contributed by atoms with Crippen LogP contribution in [-0.4, -0.2) is 24.5 Å². The molecule has 2 unspecified atom stereocenters. The van der Waals surface area contributed by atoms with Gasteiger partial charge in [0, 0.05) is 17.4 Å². The lowest BCUT2D eigenvalue weighted by atomic mass is 9.89. The normalized spacial score (nSPS) is 16.9. The third-order valence-electron chi connectivity index (χ3n) is 6.23. The number of rotatable bonds is 6. The van der Waals surface area contributed by atoms with Crippen LogP contribution in [0.5, 0.6) is 5.75 Å². The van der Waals surface area contributed by atoms with Crippen LogP contribution in [0.25, 0.3) is 0 Å². The summed E-state index contributed by atoms with van der Waals surface area (Å²) in [5.74, 6) is 0.579. The fraction of sp³-hybridized carbons (Fsp3) is 0.172. The molecule has 6 nitrogen and oxygen atoms in total. The average Bonchev–Trinajstić information content (AvgIpc) is 3.44. The number of ether oxygens (including phenoxy) is 1. The predicted octanol–water partition coefficient (Wildman–Crippen LogP) is 5.87. The number of fused-ring (bicyclic) bond motifs is 1. The van der Waals surface area contributed by atoms with Gasteiger partial charge in [0.05, 0.1) is 12.3 Å². The van der Waals surface area contributed by atoms with Crippen molar-refractivity contribution in [2.75, 3.05) is 16.4 Å². The Labute approximate surface area is 204 Å². The molecular weight excluding hydrogens is 440 g/mol. The predicted molar refractivity (Wildman–Crippen MR) is 135 cm³/mol. The second kappa shape index (κ2) is 9.89. The molecule has 0 bridgehead atoms. The quantitative estimate of drug-likeness (QED) is 0.356. The van der Waals surface area contributed by atoms with Gasteiger partial charge in [-0.05, 0) is 61.4 Å². The van der Waals surface area contributed by atoms with E-state index in [1.54, 1.807) is 21.9 Å². The first-order valence-electron chi connectivity index (χ1n) is 11.6. The van der Waals surface area contributed by atoms with Crippen LogP contribution in [0.3, 0.4) is 0 Å². The molecule has 2 heterocycles. The molecule has 0 N–H and O–H groups in total. The first kappa shape index (κ1) is 22.5. The van der Waals surface area contributed by atoms with E-state index in [2.05, 4.69) is 0 Å². The van der Waals surface area contributed by atoms with Gasteiger partial charge in [-0.1, -0.05) is 54.6 Å². The standard InChI is InChI=1S/C29H26N2O4/c1-21-19-26(24-15-8-9-16-25(24)30(21)29(33)27-17-10-18-34-27)31(22-11-4-2-5-12-22)28(32)20-35-23-13-6-3-7-14-23/h2-18,21,26H,19-20H2,1H3. The molecular formula is C29H26N2O4. The maximum Gasteiger partial charge on any atom is 0.294 e. The van der Waals surface area contributed by atoms with E-state index in [4.69, 9.17) is 9.15 Å². The SMILES string of the molecule is CC1CC(N(C(=O)COc2ccccc2)c2ccccc2)c2ccccc2N1C(=O)c1ccco1. The second-order valence-electron chi connectivity index (χ2n) is 8.51. The van der Waals surface area contributed by atoms with Gasteiger partial charge < -0.3 is 19.0 Å². The molecule has 6 heteroatoms. The number of anilines is 2. The number of para-hydroxylation sites is 3. The van der Waals surface area contributed by atoms with E-state index in [0.717, 1.165) is 16.9 Å². The number of hydrogen-bond acceptors (Lipinski definition) is 4. The Bertz CT molecular complexity index is 1290. The monoisotopic (exact) mass is 466 g/mol. The molecule has 1 aliphatic rings. The minimum absolute atomic E-state index is 0.0962. The fourth-order valence-corrected chi connectivity index (χ4v) is 4.67. The van der Waals surface area contributed by atoms with Gasteiger partial charge >= 0.3 is 0 Å². The number of amides is 2. The Morgan fingerprint density at radius 1 is 0.914 bits per heavy atom. The van der Waals surface area contributed by atoms with Crippen LogP contribution in [0.4, 0.5) is 11.4 Å². The second-order valence-corrected chi connectivity index (χ2v) is 8.51. The lowest BCUT2D eigenvalue weighted by Gasteiger charge is -2.43. The zero-order chi connectivity index (χ0) is 24.2. The molecule has 0 aliphatic carbocycles. The van der Waals surface area contributed by atoms with Crippen LogP contribution >= 0.6 is 0 Å². The van der Waals surface area contributed by atoms with Crippen molar-refractivity contribution >= 4 is 23.2 Å². The number of hydrogen-bond donors (Lipinski definition) is 0. The average molecular weight is 467 g/mol. The fourth-order valence-electron chi connectivity index (χ4n) is 4.67. The van der Waals surface area contributed by atoms with Crippen LogP contribution < -0.4 is 14.5 Å². The van der Waals surface area contributed by atoms with E-state index < -0.39 is 0 Å². The smallest absolute Gasteiger partial charge is 0.294 e. The third-order valence-corrected chi connectivity index (χ3v) is 6.23. The highest BCUT2D eigenvalue weighted by atomic mass is 16.5. The molecule has 5 rings (SSSR count). The molecule has 1 aromatic heterocycles. The Kier molecular flexibility index (Phi) is 6.35. The Morgan fingerprint density at radius 2 is 1.60 bits per heavy atom. The van der Waals surface area contributed by atoms with Crippen LogP contribution in [-0.2, 0) is 4.79 Å². The Hall–Kier alpha value is -4.32. The number of carbonyl (C=O) groups is 2. The summed E-state index contributed by atoms with van der Waals surface area (Å²) < 4.78 is 11.2. The highest BCUT2D eigenvalue weighted by Gasteiger charge is 2.39. The highest BCUT2D eigenvalue weighted by Crippen LogP contribution is 2.42. The van der Waals surface area contributed by atoms with E-state index >= 15 is 0 Å². The summed E-state index contributed by atoms with van der Waals surface area (Å²) in [7, 11) is 0. The lowest BCUT2D eigenvalue weighted by molar-refractivity contribution is -0.121. The highest BCUT2D eigenvalue weighted by molar-refractivity contribution is 6.06. The Morgan fingerprint density at radius 3 is 2.31 bits per heavy atom. The molecule has 176 valence electrons. The van der Waals surface area contributed by atoms with Crippen molar-refractivity contribution in [3.8, 4) is 5.75 Å². The van der Waals surface area contributed by atoms with E-state index in [1.165, 1.54) is 6.26 Å². The summed E-state index contributed by atoms with van der Waals surface area (Å²) in [6.45, 7) is 1.90. The van der Waals surface area contributed by atoms with Crippen molar-refractivity contribution in [2.24, 2.45) is 0 Å². The molecule has 35 heavy (non-hydrogen) atoms. The summed E-state index contributed by atoms with van der Waals surface area (Å²) in [5.41, 5.74) is 2.46. The van der Waals surface area contributed by atoms with Crippen LogP contribution in [0.2, 0.25) is 0 Å². The first-order chi connectivity index (χ1) is 17.1. The minimum Gasteiger partial charge on any atom is -0.484 e. The van der Waals surface area contributed by atoms with Crippen LogP contribution in [0, 0.1) is 0 Å². The van der Waals surface area contributed by atoms with Gasteiger partial charge in [0.25, 0.3) is 11.8 Å². The third kappa shape index (κ3) is 4.55. The molecule has 0 saturated carbocycles. The van der Waals surface area contributed by atoms with Gasteiger partial charge in [0.1, 0.15) is 5.75 Å². The van der Waals surface area contributed by atoms with Crippen molar-refractivity contribution in [1.82, 2.24) is 0 Å². The van der Waals surface area contributed by atoms with Gasteiger partial charge in [-0.15, -0.1) is 0 Å². The van der Waals surface area contributed by atoms with Crippen molar-refractivity contribution < 1.29 is 18.7 Å². The van der Waals surface area contributed by atoms with Gasteiger partial charge in [0.15, 0.2) is 12.4 Å². The van der Waals surface area contributed by atoms with Gasteiger partial charge in [0.2, 0.25) is 0 Å². The molecule has 0 fully saturated rings. The Balaban J connectivity index is 1.51. The summed E-state index contributed by atoms with van der Waals surface area (Å²) in [5, 5.41) is 0. The van der Waals surface area contributed by atoms with Gasteiger partial charge in [-0.25, -0.2) is 0 Å². The van der Waals surface area contributed by atoms with E-state index in [0.29, 0.717) is 12.2 Å². The first-order valence-corrected chi connectivity index (χ1v) is 11.6. The van der Waals surface area contributed by atoms with Crippen molar-refractivity contribution in [3.63, 3.8) is 0 Å². The van der Waals surface area contributed by atoms with Gasteiger partial charge in [-0.2, -0.15) is 0 Å². The molecule has 3 aromatic carbocycles. The number of carbonyl (C=O) groups excluding carboxylic acids is 2. The summed E-state index contributed by atoms with van der Waals surface area (Å²) in [4.78, 5) is 30.5. The number of furan rings is 1. The molecule has 0 spiro atoms. The molecule has 2 atom stereocenters. The van der Waals surface area contributed by atoms with Gasteiger partial charge in [-0.3, -0.25) is 9.59 Å². The lowest BCUT2D eigenvalue weighted by Crippen LogP contribution is -2.48. The van der Waals surface area contributed by atoms with E-state index in [-0.39, 0.29) is 36.3 Å². The van der Waals surface area contributed by atoms with Crippen molar-refractivity contribution in [2.45, 2.75) is 25.4 Å². The maximum atomic E-state index is 13.6. The molecule has 0 radical (unpaired) electrons.